The van der Waals surface area contributed by atoms with Crippen molar-refractivity contribution in [2.45, 2.75) is 64.9 Å². The summed E-state index contributed by atoms with van der Waals surface area (Å²) in [5.41, 5.74) is 1.68. The molecule has 3 aliphatic carbocycles. The van der Waals surface area contributed by atoms with Gasteiger partial charge in [-0.2, -0.15) is 0 Å². The number of hydrogen-bond acceptors (Lipinski definition) is 5. The molecule has 0 bridgehead atoms. The molecule has 7 atom stereocenters. The van der Waals surface area contributed by atoms with Crippen LogP contribution < -0.4 is 5.32 Å². The van der Waals surface area contributed by atoms with Crippen LogP contribution in [0.25, 0.3) is 0 Å². The number of anilines is 1. The minimum atomic E-state index is -0.642. The van der Waals surface area contributed by atoms with E-state index in [-0.39, 0.29) is 29.2 Å². The van der Waals surface area contributed by atoms with E-state index in [1.807, 2.05) is 31.2 Å². The van der Waals surface area contributed by atoms with E-state index in [0.717, 1.165) is 50.6 Å². The Labute approximate surface area is 190 Å². The summed E-state index contributed by atoms with van der Waals surface area (Å²) in [6.07, 6.45) is 8.57. The van der Waals surface area contributed by atoms with E-state index >= 15 is 0 Å². The van der Waals surface area contributed by atoms with Crippen LogP contribution in [0.4, 0.5) is 5.69 Å². The highest BCUT2D eigenvalue weighted by atomic mass is 16.5. The van der Waals surface area contributed by atoms with Crippen LogP contribution in [0.15, 0.2) is 36.0 Å². The maximum atomic E-state index is 13.1. The lowest BCUT2D eigenvalue weighted by atomic mass is 9.44. The van der Waals surface area contributed by atoms with Crippen LogP contribution in [0.1, 0.15) is 69.2 Å². The van der Waals surface area contributed by atoms with Gasteiger partial charge in [-0.25, -0.2) is 0 Å². The van der Waals surface area contributed by atoms with Crippen molar-refractivity contribution in [3.8, 4) is 0 Å². The Balaban J connectivity index is 1.53. The second kappa shape index (κ2) is 7.72. The number of aliphatic hydroxyl groups excluding tert-OH is 1. The summed E-state index contributed by atoms with van der Waals surface area (Å²) in [5, 5.41) is 13.6. The summed E-state index contributed by atoms with van der Waals surface area (Å²) in [5.74, 6) is 1.14. The molecular weight excluding hydrogens is 402 g/mol. The number of fused-ring (bicyclic) bond motifs is 4. The summed E-state index contributed by atoms with van der Waals surface area (Å²) < 4.78 is 5.30. The molecule has 3 saturated carbocycles. The monoisotopic (exact) mass is 437 g/mol. The van der Waals surface area contributed by atoms with Crippen LogP contribution in [0.5, 0.6) is 0 Å². The van der Waals surface area contributed by atoms with Crippen molar-refractivity contribution in [3.63, 3.8) is 0 Å². The number of allylic oxidation sites excluding steroid dienone is 2. The zero-order chi connectivity index (χ0) is 22.7. The number of hydrogen-bond donors (Lipinski definition) is 2. The second-order valence-corrected chi connectivity index (χ2v) is 11.0. The third-order valence-corrected chi connectivity index (χ3v) is 9.57. The highest BCUT2D eigenvalue weighted by Crippen LogP contribution is 2.63. The zero-order valence-corrected chi connectivity index (χ0v) is 19.4. The van der Waals surface area contributed by atoms with Crippen molar-refractivity contribution in [3.05, 3.63) is 41.6 Å². The number of carbonyl (C=O) groups excluding carboxylic acids is 2. The van der Waals surface area contributed by atoms with E-state index in [9.17, 15) is 14.7 Å². The van der Waals surface area contributed by atoms with E-state index in [4.69, 9.17) is 4.74 Å². The molecule has 5 nitrogen and oxygen atoms in total. The molecule has 5 heteroatoms. The third kappa shape index (κ3) is 3.15. The molecule has 1 aromatic rings. The van der Waals surface area contributed by atoms with Crippen molar-refractivity contribution in [1.29, 1.82) is 0 Å². The standard InChI is InChI=1S/C27H35NO4/c1-26-12-10-17(29)14-16(26)8-9-18-20(26)11-13-27(2,25(31)32-3)21(18)15-23-24(30)19-6-4-5-7-22(19)28-23/h4-7,15-18,20-21,28-29H,8-14H2,1-3H3/b23-15-. The van der Waals surface area contributed by atoms with Crippen molar-refractivity contribution in [2.24, 2.45) is 34.5 Å². The molecule has 1 heterocycles. The summed E-state index contributed by atoms with van der Waals surface area (Å²) >= 11 is 0. The SMILES string of the molecule is COC(=O)C1(C)CCC2C(CCC3CC(O)CCC32C)C1/C=C1\Nc2ccccc2C1=O. The van der Waals surface area contributed by atoms with Gasteiger partial charge in [-0.05, 0) is 93.1 Å². The molecule has 0 saturated heterocycles. The van der Waals surface area contributed by atoms with Crippen LogP contribution in [0.3, 0.4) is 0 Å². The van der Waals surface area contributed by atoms with Gasteiger partial charge >= 0.3 is 5.97 Å². The van der Waals surface area contributed by atoms with E-state index in [1.165, 1.54) is 7.11 Å². The molecule has 1 aromatic carbocycles. The summed E-state index contributed by atoms with van der Waals surface area (Å²) in [7, 11) is 1.47. The highest BCUT2D eigenvalue weighted by molar-refractivity contribution is 6.18. The number of aliphatic hydroxyl groups is 1. The topological polar surface area (TPSA) is 75.6 Å². The first kappa shape index (κ1) is 21.7. The number of esters is 1. The average molecular weight is 438 g/mol. The summed E-state index contributed by atoms with van der Waals surface area (Å²) in [6.45, 7) is 4.45. The van der Waals surface area contributed by atoms with Gasteiger partial charge in [0.05, 0.1) is 24.3 Å². The van der Waals surface area contributed by atoms with Crippen LogP contribution in [0, 0.1) is 34.5 Å². The molecule has 7 unspecified atom stereocenters. The maximum Gasteiger partial charge on any atom is 0.312 e. The van der Waals surface area contributed by atoms with E-state index in [0.29, 0.717) is 29.0 Å². The van der Waals surface area contributed by atoms with Gasteiger partial charge in [0.25, 0.3) is 0 Å². The first-order chi connectivity index (χ1) is 15.3. The predicted molar refractivity (Wildman–Crippen MR) is 123 cm³/mol. The Bertz CT molecular complexity index is 970. The molecule has 2 N–H and O–H groups in total. The lowest BCUT2D eigenvalue weighted by molar-refractivity contribution is -0.168. The number of nitrogens with one attached hydrogen (secondary N) is 1. The number of carbonyl (C=O) groups is 2. The van der Waals surface area contributed by atoms with Gasteiger partial charge in [0.2, 0.25) is 5.78 Å². The number of methoxy groups -OCH3 is 1. The van der Waals surface area contributed by atoms with Gasteiger partial charge in [-0.15, -0.1) is 0 Å². The van der Waals surface area contributed by atoms with Crippen LogP contribution >= 0.6 is 0 Å². The smallest absolute Gasteiger partial charge is 0.312 e. The Morgan fingerprint density at radius 2 is 1.94 bits per heavy atom. The third-order valence-electron chi connectivity index (χ3n) is 9.57. The molecule has 3 fully saturated rings. The molecule has 0 aromatic heterocycles. The van der Waals surface area contributed by atoms with Crippen LogP contribution in [-0.2, 0) is 9.53 Å². The van der Waals surface area contributed by atoms with Crippen molar-refractivity contribution < 1.29 is 19.4 Å². The van der Waals surface area contributed by atoms with Gasteiger partial charge in [-0.3, -0.25) is 9.59 Å². The normalized spacial score (nSPS) is 41.9. The molecule has 1 aliphatic heterocycles. The number of ketones is 1. The quantitative estimate of drug-likeness (QED) is 0.505. The summed E-state index contributed by atoms with van der Waals surface area (Å²) in [6, 6.07) is 7.60. The Hall–Kier alpha value is -2.14. The minimum absolute atomic E-state index is 0.00984. The molecule has 5 rings (SSSR count). The van der Waals surface area contributed by atoms with Gasteiger partial charge in [0, 0.05) is 11.3 Å². The first-order valence-electron chi connectivity index (χ1n) is 12.2. The first-order valence-corrected chi connectivity index (χ1v) is 12.2. The Kier molecular flexibility index (Phi) is 5.23. The molecule has 172 valence electrons. The van der Waals surface area contributed by atoms with Crippen LogP contribution in [-0.4, -0.2) is 30.1 Å². The Morgan fingerprint density at radius 1 is 1.16 bits per heavy atom. The predicted octanol–water partition coefficient (Wildman–Crippen LogP) is 4.96. The van der Waals surface area contributed by atoms with E-state index in [2.05, 4.69) is 18.3 Å². The fourth-order valence-electron chi connectivity index (χ4n) is 7.70. The van der Waals surface area contributed by atoms with Crippen molar-refractivity contribution >= 4 is 17.4 Å². The van der Waals surface area contributed by atoms with E-state index in [1.54, 1.807) is 0 Å². The van der Waals surface area contributed by atoms with Crippen LogP contribution in [0.2, 0.25) is 0 Å². The van der Waals surface area contributed by atoms with Gasteiger partial charge in [0.15, 0.2) is 0 Å². The van der Waals surface area contributed by atoms with Gasteiger partial charge in [0.1, 0.15) is 0 Å². The highest BCUT2D eigenvalue weighted by Gasteiger charge is 2.58. The number of para-hydroxylation sites is 1. The molecular formula is C27H35NO4. The number of ether oxygens (including phenoxy) is 1. The van der Waals surface area contributed by atoms with Gasteiger partial charge in [-0.1, -0.05) is 25.1 Å². The van der Waals surface area contributed by atoms with E-state index < -0.39 is 5.41 Å². The lowest BCUT2D eigenvalue weighted by Crippen LogP contribution is -2.55. The number of benzene rings is 1. The zero-order valence-electron chi connectivity index (χ0n) is 19.4. The fraction of sp³-hybridized carbons (Fsp3) is 0.630. The van der Waals surface area contributed by atoms with Crippen molar-refractivity contribution in [1.82, 2.24) is 0 Å². The molecule has 0 amide bonds. The fourth-order valence-corrected chi connectivity index (χ4v) is 7.70. The molecule has 0 radical (unpaired) electrons. The second-order valence-electron chi connectivity index (χ2n) is 11.0. The minimum Gasteiger partial charge on any atom is -0.469 e. The summed E-state index contributed by atoms with van der Waals surface area (Å²) in [4.78, 5) is 26.2. The maximum absolute atomic E-state index is 13.1. The largest absolute Gasteiger partial charge is 0.469 e. The number of rotatable bonds is 2. The van der Waals surface area contributed by atoms with Gasteiger partial charge < -0.3 is 15.2 Å². The average Bonchev–Trinajstić information content (AvgIpc) is 3.11. The number of Topliss-reactive ketones (excluding diaryl/α,β-unsaturated/α-hetero) is 1. The lowest BCUT2D eigenvalue weighted by Gasteiger charge is -2.60. The molecule has 32 heavy (non-hydrogen) atoms. The van der Waals surface area contributed by atoms with Crippen molar-refractivity contribution in [2.75, 3.05) is 12.4 Å². The molecule has 4 aliphatic rings. The Morgan fingerprint density at radius 3 is 2.69 bits per heavy atom. The molecule has 0 spiro atoms.